The zero-order valence-corrected chi connectivity index (χ0v) is 18.5. The molecular formula is C20H19F2IN2O3S. The molecule has 0 aromatic heterocycles. The van der Waals surface area contributed by atoms with Crippen LogP contribution in [0.1, 0.15) is 24.8 Å². The molecule has 29 heavy (non-hydrogen) atoms. The third kappa shape index (κ3) is 3.81. The molecule has 154 valence electrons. The minimum absolute atomic E-state index is 0.0486. The molecule has 2 N–H and O–H groups in total. The summed E-state index contributed by atoms with van der Waals surface area (Å²) < 4.78 is 63.2. The first-order valence-electron chi connectivity index (χ1n) is 9.08. The molecule has 1 fully saturated rings. The maximum absolute atomic E-state index is 14.6. The van der Waals surface area contributed by atoms with Gasteiger partial charge < -0.3 is 10.1 Å². The van der Waals surface area contributed by atoms with E-state index in [-0.39, 0.29) is 35.0 Å². The molecule has 0 atom stereocenters. The van der Waals surface area contributed by atoms with E-state index in [9.17, 15) is 17.2 Å². The summed E-state index contributed by atoms with van der Waals surface area (Å²) in [5, 5.41) is 2.86. The van der Waals surface area contributed by atoms with Crippen LogP contribution in [0.15, 0.2) is 36.4 Å². The second-order valence-corrected chi connectivity index (χ2v) is 10.6. The summed E-state index contributed by atoms with van der Waals surface area (Å²) in [5.41, 5.74) is 0.483. The number of benzene rings is 2. The average molecular weight is 532 g/mol. The van der Waals surface area contributed by atoms with Gasteiger partial charge in [-0.1, -0.05) is 12.2 Å². The van der Waals surface area contributed by atoms with Gasteiger partial charge in [0.15, 0.2) is 0 Å². The van der Waals surface area contributed by atoms with Crippen LogP contribution in [0.3, 0.4) is 0 Å². The van der Waals surface area contributed by atoms with Gasteiger partial charge in [-0.3, -0.25) is 4.72 Å². The smallest absolute Gasteiger partial charge is 0.238 e. The SMILES string of the molecule is Cc1c(F)cc2c(c1Nc1ccc(I)cc1F)NS(=O)(=O)C1(C/C=C/CO2)CC1. The number of fused-ring (bicyclic) bond motifs is 1. The maximum atomic E-state index is 14.6. The molecule has 0 saturated heterocycles. The predicted molar refractivity (Wildman–Crippen MR) is 117 cm³/mol. The summed E-state index contributed by atoms with van der Waals surface area (Å²) >= 11 is 1.99. The van der Waals surface area contributed by atoms with Gasteiger partial charge in [-0.2, -0.15) is 0 Å². The number of ether oxygens (including phenoxy) is 1. The van der Waals surface area contributed by atoms with Crippen molar-refractivity contribution in [3.63, 3.8) is 0 Å². The van der Waals surface area contributed by atoms with E-state index >= 15 is 0 Å². The molecule has 1 aliphatic carbocycles. The van der Waals surface area contributed by atoms with E-state index in [1.54, 1.807) is 18.2 Å². The van der Waals surface area contributed by atoms with Crippen molar-refractivity contribution in [1.82, 2.24) is 0 Å². The number of hydrogen-bond acceptors (Lipinski definition) is 4. The number of hydrogen-bond donors (Lipinski definition) is 2. The van der Waals surface area contributed by atoms with Gasteiger partial charge in [0.1, 0.15) is 29.7 Å². The Bertz CT molecular complexity index is 1120. The molecule has 2 aromatic carbocycles. The van der Waals surface area contributed by atoms with Gasteiger partial charge >= 0.3 is 0 Å². The van der Waals surface area contributed by atoms with Crippen molar-refractivity contribution < 1.29 is 21.9 Å². The molecule has 0 unspecified atom stereocenters. The summed E-state index contributed by atoms with van der Waals surface area (Å²) in [7, 11) is -3.76. The average Bonchev–Trinajstić information content (AvgIpc) is 3.44. The lowest BCUT2D eigenvalue weighted by molar-refractivity contribution is 0.361. The molecule has 0 radical (unpaired) electrons. The van der Waals surface area contributed by atoms with Crippen LogP contribution in [0.25, 0.3) is 0 Å². The zero-order chi connectivity index (χ0) is 20.8. The van der Waals surface area contributed by atoms with Crippen molar-refractivity contribution in [1.29, 1.82) is 0 Å². The summed E-state index contributed by atoms with van der Waals surface area (Å²) in [5.74, 6) is -1.06. The quantitative estimate of drug-likeness (QED) is 0.411. The van der Waals surface area contributed by atoms with E-state index in [1.807, 2.05) is 22.6 Å². The second-order valence-electron chi connectivity index (χ2n) is 7.26. The van der Waals surface area contributed by atoms with Crippen molar-refractivity contribution in [3.8, 4) is 5.75 Å². The Labute approximate surface area is 181 Å². The van der Waals surface area contributed by atoms with Crippen LogP contribution in [0, 0.1) is 22.1 Å². The first-order chi connectivity index (χ1) is 13.7. The Morgan fingerprint density at radius 2 is 1.93 bits per heavy atom. The Balaban J connectivity index is 1.86. The lowest BCUT2D eigenvalue weighted by atomic mass is 10.1. The first-order valence-corrected chi connectivity index (χ1v) is 11.6. The lowest BCUT2D eigenvalue weighted by Crippen LogP contribution is -2.30. The van der Waals surface area contributed by atoms with Gasteiger partial charge in [-0.25, -0.2) is 17.2 Å². The van der Waals surface area contributed by atoms with E-state index in [2.05, 4.69) is 10.0 Å². The fourth-order valence-corrected chi connectivity index (χ4v) is 5.39. The topological polar surface area (TPSA) is 67.4 Å². The standard InChI is InChI=1S/C20H19F2IN2O3S/c1-12-14(21)11-17-19(18(12)24-16-5-4-13(23)10-15(16)22)25-29(26,27)20(7-8-20)6-2-3-9-28-17/h2-5,10-11,24-25H,6-9H2,1H3/b3-2+. The lowest BCUT2D eigenvalue weighted by Gasteiger charge is -2.24. The number of halogens is 3. The third-order valence-electron chi connectivity index (χ3n) is 5.28. The molecule has 9 heteroatoms. The fourth-order valence-electron chi connectivity index (χ4n) is 3.29. The van der Waals surface area contributed by atoms with E-state index in [0.29, 0.717) is 22.8 Å². The Morgan fingerprint density at radius 1 is 1.17 bits per heavy atom. The van der Waals surface area contributed by atoms with E-state index in [4.69, 9.17) is 4.74 Å². The van der Waals surface area contributed by atoms with Crippen LogP contribution in [0.4, 0.5) is 25.8 Å². The van der Waals surface area contributed by atoms with E-state index in [1.165, 1.54) is 19.1 Å². The van der Waals surface area contributed by atoms with Crippen LogP contribution in [0.2, 0.25) is 0 Å². The van der Waals surface area contributed by atoms with Crippen molar-refractivity contribution in [2.45, 2.75) is 30.9 Å². The summed E-state index contributed by atoms with van der Waals surface area (Å²) in [6, 6.07) is 5.71. The highest BCUT2D eigenvalue weighted by atomic mass is 127. The number of sulfonamides is 1. The molecular weight excluding hydrogens is 513 g/mol. The molecule has 2 aromatic rings. The predicted octanol–water partition coefficient (Wildman–Crippen LogP) is 5.23. The monoisotopic (exact) mass is 532 g/mol. The van der Waals surface area contributed by atoms with Crippen molar-refractivity contribution >= 4 is 49.7 Å². The number of allylic oxidation sites excluding steroid dienone is 1. The zero-order valence-electron chi connectivity index (χ0n) is 15.6. The van der Waals surface area contributed by atoms with Gasteiger partial charge in [0, 0.05) is 15.2 Å². The minimum atomic E-state index is -3.76. The van der Waals surface area contributed by atoms with Crippen LogP contribution >= 0.6 is 22.6 Å². The summed E-state index contributed by atoms with van der Waals surface area (Å²) in [6.07, 6.45) is 5.00. The third-order valence-corrected chi connectivity index (χ3v) is 8.14. The Hall–Kier alpha value is -1.88. The normalized spacial score (nSPS) is 20.1. The highest BCUT2D eigenvalue weighted by Crippen LogP contribution is 2.49. The number of anilines is 3. The molecule has 1 aliphatic heterocycles. The fraction of sp³-hybridized carbons (Fsp3) is 0.300. The van der Waals surface area contributed by atoms with Crippen LogP contribution < -0.4 is 14.8 Å². The summed E-state index contributed by atoms with van der Waals surface area (Å²) in [6.45, 7) is 1.67. The van der Waals surface area contributed by atoms with E-state index in [0.717, 1.165) is 6.07 Å². The van der Waals surface area contributed by atoms with E-state index < -0.39 is 26.4 Å². The highest BCUT2D eigenvalue weighted by Gasteiger charge is 2.54. The number of rotatable bonds is 2. The highest BCUT2D eigenvalue weighted by molar-refractivity contribution is 14.1. The van der Waals surface area contributed by atoms with Crippen molar-refractivity contribution in [3.05, 3.63) is 57.2 Å². The van der Waals surface area contributed by atoms with Crippen LogP contribution in [-0.4, -0.2) is 19.8 Å². The molecule has 1 spiro atoms. The van der Waals surface area contributed by atoms with Gasteiger partial charge in [0.05, 0.1) is 16.1 Å². The van der Waals surface area contributed by atoms with Gasteiger partial charge in [0.25, 0.3) is 0 Å². The van der Waals surface area contributed by atoms with Gasteiger partial charge in [-0.05, 0) is 67.0 Å². The Morgan fingerprint density at radius 3 is 2.62 bits per heavy atom. The van der Waals surface area contributed by atoms with Gasteiger partial charge in [0.2, 0.25) is 10.0 Å². The second kappa shape index (κ2) is 7.42. The maximum Gasteiger partial charge on any atom is 0.238 e. The first kappa shape index (κ1) is 20.4. The molecule has 5 nitrogen and oxygen atoms in total. The largest absolute Gasteiger partial charge is 0.487 e. The number of nitrogens with one attached hydrogen (secondary N) is 2. The van der Waals surface area contributed by atoms with Crippen LogP contribution in [0.5, 0.6) is 5.75 Å². The van der Waals surface area contributed by atoms with Crippen molar-refractivity contribution in [2.75, 3.05) is 16.6 Å². The van der Waals surface area contributed by atoms with Crippen molar-refractivity contribution in [2.24, 2.45) is 0 Å². The molecule has 0 bridgehead atoms. The minimum Gasteiger partial charge on any atom is -0.487 e. The molecule has 4 rings (SSSR count). The molecule has 0 amide bonds. The summed E-state index contributed by atoms with van der Waals surface area (Å²) in [4.78, 5) is 0. The Kier molecular flexibility index (Phi) is 5.22. The molecule has 2 aliphatic rings. The molecule has 1 saturated carbocycles. The van der Waals surface area contributed by atoms with Gasteiger partial charge in [-0.15, -0.1) is 0 Å². The molecule has 1 heterocycles. The van der Waals surface area contributed by atoms with Crippen LogP contribution in [-0.2, 0) is 10.0 Å².